The first-order valence-electron chi connectivity index (χ1n) is 6.56. The van der Waals surface area contributed by atoms with Crippen molar-refractivity contribution >= 4 is 23.6 Å². The van der Waals surface area contributed by atoms with Gasteiger partial charge in [-0.05, 0) is 13.0 Å². The van der Waals surface area contributed by atoms with E-state index in [9.17, 15) is 9.59 Å². The molecule has 0 saturated carbocycles. The molecular weight excluding hydrogens is 288 g/mol. The van der Waals surface area contributed by atoms with Gasteiger partial charge in [0.25, 0.3) is 0 Å². The standard InChI is InChI=1S/C14H16N4O4/c1-4-22-12(19)9-6-15-14(16-7-9)17-10-5-11(13(20)21-3)18(2)8-10/h5-8H,4H2,1-3H3,(H,15,16,17). The van der Waals surface area contributed by atoms with Crippen LogP contribution in [0.25, 0.3) is 0 Å². The number of carbonyl (C=O) groups is 2. The molecule has 2 aromatic rings. The Balaban J connectivity index is 2.11. The summed E-state index contributed by atoms with van der Waals surface area (Å²) in [6.07, 6.45) is 4.45. The van der Waals surface area contributed by atoms with Crippen LogP contribution in [0.4, 0.5) is 11.6 Å². The van der Waals surface area contributed by atoms with Gasteiger partial charge in [-0.2, -0.15) is 0 Å². The maximum Gasteiger partial charge on any atom is 0.354 e. The topological polar surface area (TPSA) is 95.3 Å². The molecule has 0 aliphatic heterocycles. The molecule has 0 fully saturated rings. The molecule has 22 heavy (non-hydrogen) atoms. The van der Waals surface area contributed by atoms with Gasteiger partial charge < -0.3 is 19.4 Å². The predicted molar refractivity (Wildman–Crippen MR) is 78.0 cm³/mol. The number of aryl methyl sites for hydroxylation is 1. The molecule has 116 valence electrons. The van der Waals surface area contributed by atoms with E-state index in [0.717, 1.165) is 0 Å². The minimum atomic E-state index is -0.471. The summed E-state index contributed by atoms with van der Waals surface area (Å²) in [5, 5.41) is 2.94. The van der Waals surface area contributed by atoms with Crippen molar-refractivity contribution in [3.05, 3.63) is 35.9 Å². The van der Waals surface area contributed by atoms with Gasteiger partial charge in [0.2, 0.25) is 5.95 Å². The summed E-state index contributed by atoms with van der Waals surface area (Å²) >= 11 is 0. The lowest BCUT2D eigenvalue weighted by atomic mass is 10.3. The fourth-order valence-electron chi connectivity index (χ4n) is 1.78. The number of hydrogen-bond acceptors (Lipinski definition) is 7. The Morgan fingerprint density at radius 2 is 1.95 bits per heavy atom. The highest BCUT2D eigenvalue weighted by Gasteiger charge is 2.13. The van der Waals surface area contributed by atoms with Crippen LogP contribution >= 0.6 is 0 Å². The van der Waals surface area contributed by atoms with E-state index in [1.165, 1.54) is 19.5 Å². The number of nitrogens with one attached hydrogen (secondary N) is 1. The highest BCUT2D eigenvalue weighted by Crippen LogP contribution is 2.17. The smallest absolute Gasteiger partial charge is 0.354 e. The molecule has 0 atom stereocenters. The van der Waals surface area contributed by atoms with Crippen LogP contribution < -0.4 is 5.32 Å². The molecule has 0 radical (unpaired) electrons. The normalized spacial score (nSPS) is 10.1. The van der Waals surface area contributed by atoms with Crippen LogP contribution in [0.5, 0.6) is 0 Å². The van der Waals surface area contributed by atoms with Crippen molar-refractivity contribution in [3.63, 3.8) is 0 Å². The third-order valence-electron chi connectivity index (χ3n) is 2.82. The monoisotopic (exact) mass is 304 g/mol. The van der Waals surface area contributed by atoms with Gasteiger partial charge in [0, 0.05) is 25.6 Å². The Hall–Kier alpha value is -2.90. The predicted octanol–water partition coefficient (Wildman–Crippen LogP) is 1.52. The fraction of sp³-hybridized carbons (Fsp3) is 0.286. The Kier molecular flexibility index (Phi) is 4.72. The zero-order valence-electron chi connectivity index (χ0n) is 12.5. The molecule has 0 aromatic carbocycles. The number of methoxy groups -OCH3 is 1. The highest BCUT2D eigenvalue weighted by molar-refractivity contribution is 5.89. The Morgan fingerprint density at radius 3 is 2.55 bits per heavy atom. The summed E-state index contributed by atoms with van der Waals surface area (Å²) < 4.78 is 11.2. The number of nitrogens with zero attached hydrogens (tertiary/aromatic N) is 3. The third kappa shape index (κ3) is 3.40. The van der Waals surface area contributed by atoms with Crippen molar-refractivity contribution in [2.45, 2.75) is 6.92 Å². The first kappa shape index (κ1) is 15.5. The Labute approximate surface area is 127 Å². The molecule has 2 aromatic heterocycles. The molecule has 0 amide bonds. The quantitative estimate of drug-likeness (QED) is 0.837. The molecule has 0 aliphatic carbocycles. The summed E-state index contributed by atoms with van der Waals surface area (Å²) in [4.78, 5) is 31.1. The van der Waals surface area contributed by atoms with Gasteiger partial charge in [0.15, 0.2) is 0 Å². The minimum absolute atomic E-state index is 0.274. The number of carbonyl (C=O) groups excluding carboxylic acids is 2. The van der Waals surface area contributed by atoms with Crippen molar-refractivity contribution in [2.75, 3.05) is 19.0 Å². The van der Waals surface area contributed by atoms with E-state index in [0.29, 0.717) is 23.9 Å². The molecule has 8 nitrogen and oxygen atoms in total. The second-order valence-electron chi connectivity index (χ2n) is 4.36. The zero-order chi connectivity index (χ0) is 16.1. The molecule has 1 N–H and O–H groups in total. The molecule has 0 bridgehead atoms. The molecule has 0 aliphatic rings. The van der Waals surface area contributed by atoms with Gasteiger partial charge in [-0.25, -0.2) is 19.6 Å². The van der Waals surface area contributed by atoms with Crippen molar-refractivity contribution in [3.8, 4) is 0 Å². The average Bonchev–Trinajstić information content (AvgIpc) is 2.88. The van der Waals surface area contributed by atoms with E-state index in [2.05, 4.69) is 20.0 Å². The lowest BCUT2D eigenvalue weighted by Crippen LogP contribution is -2.06. The van der Waals surface area contributed by atoms with Crippen LogP contribution in [0.15, 0.2) is 24.7 Å². The summed E-state index contributed by atoms with van der Waals surface area (Å²) in [5.74, 6) is -0.606. The van der Waals surface area contributed by atoms with Crippen molar-refractivity contribution < 1.29 is 19.1 Å². The SMILES string of the molecule is CCOC(=O)c1cnc(Nc2cc(C(=O)OC)n(C)c2)nc1. The first-order valence-corrected chi connectivity index (χ1v) is 6.56. The number of hydrogen-bond donors (Lipinski definition) is 1. The van der Waals surface area contributed by atoms with Crippen molar-refractivity contribution in [2.24, 2.45) is 7.05 Å². The van der Waals surface area contributed by atoms with Crippen LogP contribution in [0, 0.1) is 0 Å². The molecule has 0 unspecified atom stereocenters. The number of anilines is 2. The largest absolute Gasteiger partial charge is 0.464 e. The molecule has 2 rings (SSSR count). The van der Waals surface area contributed by atoms with Crippen LogP contribution in [0.1, 0.15) is 27.8 Å². The van der Waals surface area contributed by atoms with Gasteiger partial charge in [-0.15, -0.1) is 0 Å². The fourth-order valence-corrected chi connectivity index (χ4v) is 1.78. The summed E-state index contributed by atoms with van der Waals surface area (Å²) in [6, 6.07) is 1.62. The minimum Gasteiger partial charge on any atom is -0.464 e. The first-order chi connectivity index (χ1) is 10.5. The van der Waals surface area contributed by atoms with Gasteiger partial charge in [-0.3, -0.25) is 0 Å². The molecule has 8 heteroatoms. The number of rotatable bonds is 5. The summed E-state index contributed by atoms with van der Waals surface area (Å²) in [5.41, 5.74) is 1.30. The maximum absolute atomic E-state index is 11.5. The number of aromatic nitrogens is 3. The zero-order valence-corrected chi connectivity index (χ0v) is 12.5. The summed E-state index contributed by atoms with van der Waals surface area (Å²) in [7, 11) is 3.04. The maximum atomic E-state index is 11.5. The van der Waals surface area contributed by atoms with E-state index in [1.807, 2.05) is 0 Å². The molecule has 0 spiro atoms. The van der Waals surface area contributed by atoms with Crippen LogP contribution in [-0.2, 0) is 16.5 Å². The third-order valence-corrected chi connectivity index (χ3v) is 2.82. The van der Waals surface area contributed by atoms with Gasteiger partial charge in [0.05, 0.1) is 25.0 Å². The van der Waals surface area contributed by atoms with Crippen LogP contribution in [0.3, 0.4) is 0 Å². The van der Waals surface area contributed by atoms with Gasteiger partial charge in [0.1, 0.15) is 5.69 Å². The van der Waals surface area contributed by atoms with E-state index in [-0.39, 0.29) is 5.56 Å². The molecule has 0 saturated heterocycles. The van der Waals surface area contributed by atoms with Gasteiger partial charge in [-0.1, -0.05) is 0 Å². The lowest BCUT2D eigenvalue weighted by Gasteiger charge is -2.03. The van der Waals surface area contributed by atoms with Crippen molar-refractivity contribution in [1.29, 1.82) is 0 Å². The average molecular weight is 304 g/mol. The number of ether oxygens (including phenoxy) is 2. The van der Waals surface area contributed by atoms with Crippen molar-refractivity contribution in [1.82, 2.24) is 14.5 Å². The van der Waals surface area contributed by atoms with Gasteiger partial charge >= 0.3 is 11.9 Å². The van der Waals surface area contributed by atoms with E-state index >= 15 is 0 Å². The molecular formula is C14H16N4O4. The lowest BCUT2D eigenvalue weighted by molar-refractivity contribution is 0.0524. The summed E-state index contributed by atoms with van der Waals surface area (Å²) in [6.45, 7) is 2.02. The second kappa shape index (κ2) is 6.70. The van der Waals surface area contributed by atoms with Crippen LogP contribution in [-0.4, -0.2) is 40.2 Å². The van der Waals surface area contributed by atoms with E-state index < -0.39 is 11.9 Å². The number of esters is 2. The van der Waals surface area contributed by atoms with Crippen LogP contribution in [0.2, 0.25) is 0 Å². The highest BCUT2D eigenvalue weighted by atomic mass is 16.5. The van der Waals surface area contributed by atoms with E-state index in [4.69, 9.17) is 4.74 Å². The Bertz CT molecular complexity index is 679. The van der Waals surface area contributed by atoms with E-state index in [1.54, 1.807) is 30.8 Å². The second-order valence-corrected chi connectivity index (χ2v) is 4.36. The molecule has 2 heterocycles. The Morgan fingerprint density at radius 1 is 1.27 bits per heavy atom.